The SMILES string of the molecule is CC(=O)N[C@H]1[C@H](O[C@H]2[C@@H](O)[C@@H](CO)O[C@@H](O[C@H]3[C@H](O)[C@@H](O)[C@H](O)O[C@@H]3CO)[C@@H]2O)O[C@H](CO[C@@]2(C(=O)O)C[C@H](O)[C@@H](NC(C)=O)[C@H]([C@H](O)[C@H](O)CO)O2)[C@@H](O)[C@@H]1O[C@@H]1O[C@H](CO)[C@H](O)[C@H](O[C@@]2(C(=O)O)C[C@H](O)[C@@H](NC(C)=O)[C@H]([C@H](O)[C@H](O)CO)O2)[C@H]1O. The lowest BCUT2D eigenvalue weighted by Crippen LogP contribution is -2.72. The molecule has 0 bridgehead atoms. The molecule has 0 unspecified atom stereocenters. The van der Waals surface area contributed by atoms with Gasteiger partial charge in [-0.15, -0.1) is 0 Å². The summed E-state index contributed by atoms with van der Waals surface area (Å²) in [5.41, 5.74) is 0. The Labute approximate surface area is 496 Å². The number of aliphatic carboxylic acids is 2. The molecule has 32 atom stereocenters. The summed E-state index contributed by atoms with van der Waals surface area (Å²) in [6.45, 7) is -4.43. The molecule has 6 fully saturated rings. The number of amides is 3. The number of aliphatic hydroxyl groups excluding tert-OH is 19. The van der Waals surface area contributed by atoms with Crippen molar-refractivity contribution < 1.29 is 183 Å². The van der Waals surface area contributed by atoms with Gasteiger partial charge >= 0.3 is 11.9 Å². The lowest BCUT2D eigenvalue weighted by atomic mass is 9.88. The summed E-state index contributed by atoms with van der Waals surface area (Å²) in [6, 6.07) is -5.63. The summed E-state index contributed by atoms with van der Waals surface area (Å²) in [5.74, 6) is -13.7. The van der Waals surface area contributed by atoms with Gasteiger partial charge in [0.05, 0.1) is 63.9 Å². The maximum absolute atomic E-state index is 13.3. The molecule has 0 aliphatic carbocycles. The van der Waals surface area contributed by atoms with Crippen molar-refractivity contribution in [2.45, 2.75) is 229 Å². The maximum atomic E-state index is 13.3. The van der Waals surface area contributed by atoms with E-state index >= 15 is 0 Å². The Morgan fingerprint density at radius 2 is 0.864 bits per heavy atom. The minimum absolute atomic E-state index is 0.854. The second-order valence-electron chi connectivity index (χ2n) is 21.9. The molecular weight excluding hydrogens is 1210 g/mol. The van der Waals surface area contributed by atoms with E-state index in [-0.39, 0.29) is 0 Å². The van der Waals surface area contributed by atoms with E-state index in [1.807, 2.05) is 0 Å². The number of ether oxygens (including phenoxy) is 11. The highest BCUT2D eigenvalue weighted by molar-refractivity contribution is 5.77. The van der Waals surface area contributed by atoms with E-state index in [1.54, 1.807) is 0 Å². The van der Waals surface area contributed by atoms with Crippen molar-refractivity contribution in [3.8, 4) is 0 Å². The molecule has 40 heteroatoms. The summed E-state index contributed by atoms with van der Waals surface area (Å²) in [6.07, 6.45) is -62.1. The van der Waals surface area contributed by atoms with Gasteiger partial charge in [-0.1, -0.05) is 0 Å². The van der Waals surface area contributed by atoms with Gasteiger partial charge in [0.2, 0.25) is 17.7 Å². The maximum Gasteiger partial charge on any atom is 0.364 e. The second-order valence-corrected chi connectivity index (χ2v) is 21.9. The summed E-state index contributed by atoms with van der Waals surface area (Å²) >= 11 is 0. The molecule has 0 aromatic carbocycles. The fourth-order valence-electron chi connectivity index (χ4n) is 11.0. The van der Waals surface area contributed by atoms with Gasteiger partial charge in [-0.05, 0) is 0 Å². The van der Waals surface area contributed by atoms with Gasteiger partial charge in [0.15, 0.2) is 25.2 Å². The molecule has 0 saturated carbocycles. The van der Waals surface area contributed by atoms with Crippen molar-refractivity contribution in [3.63, 3.8) is 0 Å². The van der Waals surface area contributed by atoms with Gasteiger partial charge in [0.25, 0.3) is 11.6 Å². The summed E-state index contributed by atoms with van der Waals surface area (Å²) < 4.78 is 63.1. The van der Waals surface area contributed by atoms with Crippen LogP contribution >= 0.6 is 0 Å². The Balaban J connectivity index is 1.43. The number of carbonyl (C=O) groups excluding carboxylic acids is 3. The van der Waals surface area contributed by atoms with Crippen molar-refractivity contribution in [1.29, 1.82) is 0 Å². The molecule has 6 rings (SSSR count). The van der Waals surface area contributed by atoms with Crippen LogP contribution in [0.25, 0.3) is 0 Å². The van der Waals surface area contributed by atoms with Crippen LogP contribution in [0.2, 0.25) is 0 Å². The summed E-state index contributed by atoms with van der Waals surface area (Å²) in [4.78, 5) is 64.1. The highest BCUT2D eigenvalue weighted by Crippen LogP contribution is 2.41. The predicted molar refractivity (Wildman–Crippen MR) is 268 cm³/mol. The van der Waals surface area contributed by atoms with E-state index in [0.717, 1.165) is 20.8 Å². The number of carboxylic acids is 2. The lowest BCUT2D eigenvalue weighted by Gasteiger charge is -2.52. The first-order valence-corrected chi connectivity index (χ1v) is 27.4. The Kier molecular flexibility index (Phi) is 25.6. The third-order valence-corrected chi connectivity index (χ3v) is 15.6. The first-order valence-electron chi connectivity index (χ1n) is 27.4. The Bertz CT molecular complexity index is 2320. The average Bonchev–Trinajstić information content (AvgIpc) is 0.809. The smallest absolute Gasteiger partial charge is 0.364 e. The zero-order chi connectivity index (χ0) is 65.8. The van der Waals surface area contributed by atoms with Crippen LogP contribution in [-0.4, -0.2) is 372 Å². The highest BCUT2D eigenvalue weighted by atomic mass is 16.8. The topological polar surface area (TPSA) is 648 Å². The molecule has 508 valence electrons. The zero-order valence-corrected chi connectivity index (χ0v) is 46.9. The molecule has 88 heavy (non-hydrogen) atoms. The number of carboxylic acid groups (broad SMARTS) is 2. The standard InChI is InChI=1S/C48H79N3O37/c1-12(57)49-23-15(60)4-47(45(74)75,86-37(23)26(64)17(62)6-52)78-11-22-30(68)36(25(51-14(3)59)42(82-22)85-39-28(66)19(8-54)80-43(33(39)71)83-35-21(10-56)79-41(73)32(70)31(35)69)84-44-34(72)40(29(67)20(9-55)81-44)88-48(46(76)77)5-16(61)24(50-13(2)58)38(87-48)27(65)18(63)7-53/h15-44,52-56,60-73H,4-11H2,1-3H3,(H,49,57)(H,50,58)(H,51,59)(H,74,75)(H,76,77)/t15-,16-,17+,18+,19+,20+,21+,22+,23+,24+,25+,26+,27+,28-,29-,30+,31+,32+,33+,34+,35+,36+,37+,38+,39-,40-,41+,42-,43-,44-,47-,48+/m0/s1. The van der Waals surface area contributed by atoms with E-state index in [0.29, 0.717) is 0 Å². The minimum atomic E-state index is -3.34. The predicted octanol–water partition coefficient (Wildman–Crippen LogP) is -15.3. The normalized spacial score (nSPS) is 44.6. The molecule has 0 radical (unpaired) electrons. The molecular formula is C48H79N3O37. The molecule has 0 aromatic heterocycles. The zero-order valence-electron chi connectivity index (χ0n) is 46.9. The molecule has 6 aliphatic rings. The Hall–Kier alpha value is -3.85. The van der Waals surface area contributed by atoms with Crippen LogP contribution in [0.4, 0.5) is 0 Å². The lowest BCUT2D eigenvalue weighted by molar-refractivity contribution is -0.391. The van der Waals surface area contributed by atoms with Crippen molar-refractivity contribution in [1.82, 2.24) is 16.0 Å². The number of rotatable bonds is 25. The van der Waals surface area contributed by atoms with Crippen LogP contribution in [0.15, 0.2) is 0 Å². The van der Waals surface area contributed by atoms with Gasteiger partial charge < -0.3 is 175 Å². The molecule has 6 aliphatic heterocycles. The third kappa shape index (κ3) is 15.8. The van der Waals surface area contributed by atoms with Crippen LogP contribution in [0, 0.1) is 0 Å². The van der Waals surface area contributed by atoms with Crippen molar-refractivity contribution in [3.05, 3.63) is 0 Å². The van der Waals surface area contributed by atoms with E-state index in [9.17, 15) is 131 Å². The Morgan fingerprint density at radius 1 is 0.466 bits per heavy atom. The number of hydrogen-bond donors (Lipinski definition) is 24. The molecule has 6 saturated heterocycles. The average molecular weight is 1290 g/mol. The van der Waals surface area contributed by atoms with E-state index in [4.69, 9.17) is 52.1 Å². The van der Waals surface area contributed by atoms with Crippen molar-refractivity contribution in [2.24, 2.45) is 0 Å². The van der Waals surface area contributed by atoms with Gasteiger partial charge in [0, 0.05) is 33.6 Å². The summed E-state index contributed by atoms with van der Waals surface area (Å²) in [5, 5.41) is 234. The molecule has 24 N–H and O–H groups in total. The molecule has 0 aromatic rings. The number of aliphatic hydroxyl groups is 19. The number of nitrogens with one attached hydrogen (secondary N) is 3. The minimum Gasteiger partial charge on any atom is -0.477 e. The molecule has 0 spiro atoms. The van der Waals surface area contributed by atoms with Crippen LogP contribution < -0.4 is 16.0 Å². The highest BCUT2D eigenvalue weighted by Gasteiger charge is 2.63. The summed E-state index contributed by atoms with van der Waals surface area (Å²) in [7, 11) is 0. The van der Waals surface area contributed by atoms with Crippen LogP contribution in [0.1, 0.15) is 33.6 Å². The van der Waals surface area contributed by atoms with E-state index in [2.05, 4.69) is 16.0 Å². The van der Waals surface area contributed by atoms with Gasteiger partial charge in [-0.3, -0.25) is 14.4 Å². The first-order chi connectivity index (χ1) is 41.2. The quantitative estimate of drug-likeness (QED) is 0.0404. The number of hydrogen-bond acceptors (Lipinski definition) is 35. The monoisotopic (exact) mass is 1290 g/mol. The van der Waals surface area contributed by atoms with Crippen molar-refractivity contribution >= 4 is 29.7 Å². The molecule has 6 heterocycles. The Morgan fingerprint density at radius 3 is 1.32 bits per heavy atom. The second kappa shape index (κ2) is 30.7. The van der Waals surface area contributed by atoms with Crippen LogP contribution in [-0.2, 0) is 76.1 Å². The van der Waals surface area contributed by atoms with Crippen LogP contribution in [0.5, 0.6) is 0 Å². The number of carbonyl (C=O) groups is 5. The fraction of sp³-hybridized carbons (Fsp3) is 0.896. The van der Waals surface area contributed by atoms with Gasteiger partial charge in [0.1, 0.15) is 134 Å². The van der Waals surface area contributed by atoms with Crippen LogP contribution in [0.3, 0.4) is 0 Å². The third-order valence-electron chi connectivity index (χ3n) is 15.6. The van der Waals surface area contributed by atoms with E-state index < -0.39 is 277 Å². The fourth-order valence-corrected chi connectivity index (χ4v) is 11.0. The van der Waals surface area contributed by atoms with Gasteiger partial charge in [-0.25, -0.2) is 9.59 Å². The van der Waals surface area contributed by atoms with Gasteiger partial charge in [-0.2, -0.15) is 0 Å². The van der Waals surface area contributed by atoms with Crippen molar-refractivity contribution in [2.75, 3.05) is 39.6 Å². The molecule has 40 nitrogen and oxygen atoms in total. The first kappa shape index (κ1) is 73.2. The van der Waals surface area contributed by atoms with E-state index in [1.165, 1.54) is 0 Å². The molecule has 3 amide bonds. The largest absolute Gasteiger partial charge is 0.477 e.